The summed E-state index contributed by atoms with van der Waals surface area (Å²) in [6.45, 7) is 11.1. The number of aliphatic imine (C=N–C) groups is 1. The van der Waals surface area contributed by atoms with Gasteiger partial charge >= 0.3 is 0 Å². The summed E-state index contributed by atoms with van der Waals surface area (Å²) in [6.07, 6.45) is 11.0. The summed E-state index contributed by atoms with van der Waals surface area (Å²) in [4.78, 5) is 7.60. The van der Waals surface area contributed by atoms with Gasteiger partial charge in [0.1, 0.15) is 0 Å². The molecule has 1 aliphatic heterocycles. The first-order chi connectivity index (χ1) is 11.4. The van der Waals surface area contributed by atoms with E-state index in [0.29, 0.717) is 10.7 Å². The lowest BCUT2D eigenvalue weighted by Gasteiger charge is -2.23. The third-order valence-electron chi connectivity index (χ3n) is 5.29. The Labute approximate surface area is 151 Å². The molecule has 0 N–H and O–H groups in total. The van der Waals surface area contributed by atoms with Gasteiger partial charge in [-0.25, -0.2) is 4.99 Å². The Morgan fingerprint density at radius 3 is 2.58 bits per heavy atom. The molecule has 128 valence electrons. The number of hydrogen-bond donors (Lipinski definition) is 0. The molecule has 24 heavy (non-hydrogen) atoms. The van der Waals surface area contributed by atoms with E-state index in [1.165, 1.54) is 42.0 Å². The summed E-state index contributed by atoms with van der Waals surface area (Å²) in [5.74, 6) is 3.42. The fourth-order valence-electron chi connectivity index (χ4n) is 3.85. The predicted octanol–water partition coefficient (Wildman–Crippen LogP) is 5.29. The molecule has 3 heteroatoms. The van der Waals surface area contributed by atoms with Gasteiger partial charge in [-0.15, -0.1) is 6.42 Å². The van der Waals surface area contributed by atoms with Crippen molar-refractivity contribution in [1.82, 2.24) is 4.90 Å². The second-order valence-electron chi connectivity index (χ2n) is 7.69. The van der Waals surface area contributed by atoms with Crippen LogP contribution in [-0.4, -0.2) is 27.9 Å². The lowest BCUT2D eigenvalue weighted by molar-refractivity contribution is 0.346. The van der Waals surface area contributed by atoms with E-state index in [9.17, 15) is 0 Å². The van der Waals surface area contributed by atoms with Crippen LogP contribution >= 0.6 is 11.8 Å². The molecule has 2 aliphatic rings. The normalized spacial score (nSPS) is 21.2. The summed E-state index contributed by atoms with van der Waals surface area (Å²) >= 11 is 2.03. The Morgan fingerprint density at radius 1 is 1.25 bits per heavy atom. The van der Waals surface area contributed by atoms with Crippen LogP contribution in [0, 0.1) is 32.1 Å². The molecule has 0 radical (unpaired) electrons. The van der Waals surface area contributed by atoms with Crippen LogP contribution < -0.4 is 0 Å². The van der Waals surface area contributed by atoms with Gasteiger partial charge < -0.3 is 4.90 Å². The lowest BCUT2D eigenvalue weighted by atomic mass is 10.0. The Hall–Kier alpha value is -1.40. The number of terminal acetylenes is 1. The maximum absolute atomic E-state index is 5.59. The van der Waals surface area contributed by atoms with E-state index >= 15 is 0 Å². The van der Waals surface area contributed by atoms with Crippen LogP contribution in [0.25, 0.3) is 0 Å². The lowest BCUT2D eigenvalue weighted by Crippen LogP contribution is -2.33. The van der Waals surface area contributed by atoms with E-state index in [1.54, 1.807) is 0 Å². The third-order valence-corrected chi connectivity index (χ3v) is 6.79. The smallest absolute Gasteiger partial charge is 0.165 e. The highest BCUT2D eigenvalue weighted by atomic mass is 32.2. The van der Waals surface area contributed by atoms with Crippen LogP contribution in [0.15, 0.2) is 17.1 Å². The van der Waals surface area contributed by atoms with Crippen molar-refractivity contribution < 1.29 is 0 Å². The fourth-order valence-corrected chi connectivity index (χ4v) is 5.36. The number of rotatable bonds is 3. The molecule has 3 rings (SSSR count). The monoisotopic (exact) mass is 340 g/mol. The SMILES string of the molecule is C#Cc1ccc(/N=C2\SC3(CCCC3)CN2CC(C)C)c(C)c1C. The molecule has 0 aromatic heterocycles. The molecule has 0 unspecified atom stereocenters. The Kier molecular flexibility index (Phi) is 4.97. The van der Waals surface area contributed by atoms with E-state index < -0.39 is 0 Å². The van der Waals surface area contributed by atoms with Gasteiger partial charge in [-0.05, 0) is 55.9 Å². The zero-order valence-corrected chi connectivity index (χ0v) is 16.2. The second kappa shape index (κ2) is 6.84. The van der Waals surface area contributed by atoms with E-state index in [-0.39, 0.29) is 0 Å². The molecular formula is C21H28N2S. The Morgan fingerprint density at radius 2 is 1.96 bits per heavy atom. The average Bonchev–Trinajstić information content (AvgIpc) is 3.11. The van der Waals surface area contributed by atoms with Gasteiger partial charge in [0, 0.05) is 23.4 Å². The average molecular weight is 341 g/mol. The number of amidine groups is 1. The second-order valence-corrected chi connectivity index (χ2v) is 9.12. The molecule has 0 bridgehead atoms. The van der Waals surface area contributed by atoms with Gasteiger partial charge in [0.15, 0.2) is 5.17 Å². The topological polar surface area (TPSA) is 15.6 Å². The summed E-state index contributed by atoms with van der Waals surface area (Å²) in [5.41, 5.74) is 4.42. The van der Waals surface area contributed by atoms with Gasteiger partial charge in [-0.2, -0.15) is 0 Å². The minimum atomic E-state index is 0.412. The standard InChI is InChI=1S/C21H28N2S/c1-6-18-9-10-19(17(5)16(18)4)22-20-23(13-15(2)3)14-21(24-20)11-7-8-12-21/h1,9-10,15H,7-8,11-14H2,2-5H3/b22-20-. The largest absolute Gasteiger partial charge is 0.350 e. The summed E-state index contributed by atoms with van der Waals surface area (Å²) < 4.78 is 0.412. The van der Waals surface area contributed by atoms with Crippen molar-refractivity contribution in [2.75, 3.05) is 13.1 Å². The van der Waals surface area contributed by atoms with Gasteiger partial charge in [0.2, 0.25) is 0 Å². The zero-order valence-electron chi connectivity index (χ0n) is 15.4. The quantitative estimate of drug-likeness (QED) is 0.695. The summed E-state index contributed by atoms with van der Waals surface area (Å²) in [6, 6.07) is 4.11. The van der Waals surface area contributed by atoms with Gasteiger partial charge in [0.05, 0.1) is 5.69 Å². The summed E-state index contributed by atoms with van der Waals surface area (Å²) in [5, 5.41) is 1.21. The van der Waals surface area contributed by atoms with Crippen molar-refractivity contribution in [3.63, 3.8) is 0 Å². The molecule has 2 fully saturated rings. The van der Waals surface area contributed by atoms with Crippen molar-refractivity contribution in [3.05, 3.63) is 28.8 Å². The number of hydrogen-bond acceptors (Lipinski definition) is 2. The predicted molar refractivity (Wildman–Crippen MR) is 106 cm³/mol. The molecule has 1 heterocycles. The van der Waals surface area contributed by atoms with E-state index in [4.69, 9.17) is 11.4 Å². The molecule has 1 saturated carbocycles. The molecule has 0 atom stereocenters. The first-order valence-electron chi connectivity index (χ1n) is 9.03. The van der Waals surface area contributed by atoms with Crippen molar-refractivity contribution in [3.8, 4) is 12.3 Å². The van der Waals surface area contributed by atoms with Crippen molar-refractivity contribution in [1.29, 1.82) is 0 Å². The van der Waals surface area contributed by atoms with Gasteiger partial charge in [0.25, 0.3) is 0 Å². The minimum absolute atomic E-state index is 0.412. The van der Waals surface area contributed by atoms with Gasteiger partial charge in [-0.1, -0.05) is 44.4 Å². The van der Waals surface area contributed by atoms with Crippen LogP contribution in [-0.2, 0) is 0 Å². The van der Waals surface area contributed by atoms with Crippen LogP contribution in [0.2, 0.25) is 0 Å². The van der Waals surface area contributed by atoms with Crippen molar-refractivity contribution >= 4 is 22.6 Å². The highest BCUT2D eigenvalue weighted by Gasteiger charge is 2.44. The molecule has 1 aromatic carbocycles. The van der Waals surface area contributed by atoms with E-state index in [0.717, 1.165) is 24.3 Å². The molecule has 2 nitrogen and oxygen atoms in total. The van der Waals surface area contributed by atoms with Crippen LogP contribution in [0.5, 0.6) is 0 Å². The zero-order chi connectivity index (χ0) is 17.3. The molecule has 1 saturated heterocycles. The molecular weight excluding hydrogens is 312 g/mol. The molecule has 1 spiro atoms. The highest BCUT2D eigenvalue weighted by molar-refractivity contribution is 8.15. The number of benzene rings is 1. The first kappa shape index (κ1) is 17.4. The first-order valence-corrected chi connectivity index (χ1v) is 9.85. The summed E-state index contributed by atoms with van der Waals surface area (Å²) in [7, 11) is 0. The van der Waals surface area contributed by atoms with Crippen LogP contribution in [0.4, 0.5) is 5.69 Å². The minimum Gasteiger partial charge on any atom is -0.350 e. The Bertz CT molecular complexity index is 691. The molecule has 0 amide bonds. The van der Waals surface area contributed by atoms with Crippen molar-refractivity contribution in [2.24, 2.45) is 10.9 Å². The highest BCUT2D eigenvalue weighted by Crippen LogP contribution is 2.48. The third kappa shape index (κ3) is 3.35. The fraction of sp³-hybridized carbons (Fsp3) is 0.571. The maximum atomic E-state index is 5.59. The van der Waals surface area contributed by atoms with Gasteiger partial charge in [-0.3, -0.25) is 0 Å². The number of nitrogens with zero attached hydrogens (tertiary/aromatic N) is 2. The van der Waals surface area contributed by atoms with Crippen molar-refractivity contribution in [2.45, 2.75) is 58.1 Å². The van der Waals surface area contributed by atoms with Crippen LogP contribution in [0.3, 0.4) is 0 Å². The van der Waals surface area contributed by atoms with Crippen LogP contribution in [0.1, 0.15) is 56.2 Å². The van der Waals surface area contributed by atoms with E-state index in [1.807, 2.05) is 17.8 Å². The maximum Gasteiger partial charge on any atom is 0.165 e. The Balaban J connectivity index is 1.94. The van der Waals surface area contributed by atoms with E-state index in [2.05, 4.69) is 44.6 Å². The molecule has 1 aromatic rings. The molecule has 1 aliphatic carbocycles. The number of thioether (sulfide) groups is 1.